The van der Waals surface area contributed by atoms with E-state index in [1.54, 1.807) is 11.8 Å². The Bertz CT molecular complexity index is 748. The maximum atomic E-state index is 12.2. The van der Waals surface area contributed by atoms with Crippen LogP contribution in [0.25, 0.3) is 11.3 Å². The third-order valence-electron chi connectivity index (χ3n) is 4.37. The van der Waals surface area contributed by atoms with Crippen LogP contribution in [0.15, 0.2) is 18.2 Å². The number of nitrogens with one attached hydrogen (secondary N) is 1. The first-order valence-corrected chi connectivity index (χ1v) is 10.4. The number of carbonyl (C=O) groups excluding carboxylic acids is 1. The number of hydrogen-bond acceptors (Lipinski definition) is 5. The van der Waals surface area contributed by atoms with Crippen LogP contribution in [0.5, 0.6) is 0 Å². The summed E-state index contributed by atoms with van der Waals surface area (Å²) in [6.07, 6.45) is 6.26. The molecule has 0 bridgehead atoms. The topological polar surface area (TPSA) is 68.0 Å². The highest BCUT2D eigenvalue weighted by Gasteiger charge is 2.18. The van der Waals surface area contributed by atoms with Crippen LogP contribution in [0.4, 0.5) is 5.13 Å². The number of anilines is 1. The zero-order valence-corrected chi connectivity index (χ0v) is 17.0. The maximum absolute atomic E-state index is 12.2. The van der Waals surface area contributed by atoms with Crippen molar-refractivity contribution in [1.29, 1.82) is 0 Å². The van der Waals surface area contributed by atoms with Gasteiger partial charge in [-0.25, -0.2) is 4.98 Å². The molecule has 1 aromatic heterocycles. The standard InChI is InChI=1S/C18H23N3OS2.ClH/c1-11-16(14-7-6-12-4-3-5-13(12)10-14)20-18(24-11)21-17(22)15(19)8-9-23-2;/h6-7,10,15H,3-5,8-9,19H2,1-2H3,(H,20,21,22);1H/t15-;/m0./s1. The Balaban J connectivity index is 0.00000225. The third kappa shape index (κ3) is 4.76. The quantitative estimate of drug-likeness (QED) is 0.771. The molecule has 0 aliphatic heterocycles. The van der Waals surface area contributed by atoms with E-state index in [0.717, 1.165) is 28.3 Å². The molecule has 1 aliphatic carbocycles. The second kappa shape index (κ2) is 9.03. The Labute approximate surface area is 163 Å². The monoisotopic (exact) mass is 397 g/mol. The highest BCUT2D eigenvalue weighted by atomic mass is 35.5. The Morgan fingerprint density at radius 2 is 2.16 bits per heavy atom. The average molecular weight is 398 g/mol. The number of hydrogen-bond donors (Lipinski definition) is 2. The number of amides is 1. The van der Waals surface area contributed by atoms with E-state index in [0.29, 0.717) is 11.6 Å². The van der Waals surface area contributed by atoms with E-state index in [-0.39, 0.29) is 18.3 Å². The number of fused-ring (bicyclic) bond motifs is 1. The lowest BCUT2D eigenvalue weighted by molar-refractivity contribution is -0.117. The Morgan fingerprint density at radius 3 is 2.92 bits per heavy atom. The van der Waals surface area contributed by atoms with Gasteiger partial charge in [0.25, 0.3) is 0 Å². The third-order valence-corrected chi connectivity index (χ3v) is 5.90. The summed E-state index contributed by atoms with van der Waals surface area (Å²) in [5.41, 5.74) is 10.9. The summed E-state index contributed by atoms with van der Waals surface area (Å²) in [5, 5.41) is 3.50. The first-order valence-electron chi connectivity index (χ1n) is 8.23. The van der Waals surface area contributed by atoms with Crippen molar-refractivity contribution >= 4 is 46.5 Å². The molecule has 0 unspecified atom stereocenters. The molecule has 7 heteroatoms. The zero-order valence-electron chi connectivity index (χ0n) is 14.5. The van der Waals surface area contributed by atoms with Gasteiger partial charge in [0.15, 0.2) is 5.13 Å². The van der Waals surface area contributed by atoms with Crippen molar-refractivity contribution in [2.45, 2.75) is 38.6 Å². The largest absolute Gasteiger partial charge is 0.320 e. The molecule has 0 spiro atoms. The fourth-order valence-electron chi connectivity index (χ4n) is 3.01. The molecule has 0 fully saturated rings. The number of thiazole rings is 1. The molecule has 1 aliphatic rings. The van der Waals surface area contributed by atoms with Gasteiger partial charge in [-0.3, -0.25) is 4.79 Å². The predicted molar refractivity (Wildman–Crippen MR) is 111 cm³/mol. The number of thioether (sulfide) groups is 1. The maximum Gasteiger partial charge on any atom is 0.243 e. The molecular formula is C18H24ClN3OS2. The molecule has 25 heavy (non-hydrogen) atoms. The molecule has 1 aromatic carbocycles. The predicted octanol–water partition coefficient (Wildman–Crippen LogP) is 4.05. The summed E-state index contributed by atoms with van der Waals surface area (Å²) in [5.74, 6) is 0.726. The average Bonchev–Trinajstić information content (AvgIpc) is 3.17. The molecular weight excluding hydrogens is 374 g/mol. The second-order valence-corrected chi connectivity index (χ2v) is 8.33. The highest BCUT2D eigenvalue weighted by Crippen LogP contribution is 2.33. The number of rotatable bonds is 6. The fraction of sp³-hybridized carbons (Fsp3) is 0.444. The SMILES string of the molecule is CSCC[C@H](N)C(=O)Nc1nc(-c2ccc3c(c2)CCC3)c(C)s1.Cl. The Morgan fingerprint density at radius 1 is 1.40 bits per heavy atom. The number of aryl methyl sites for hydroxylation is 3. The van der Waals surface area contributed by atoms with E-state index in [1.807, 2.05) is 13.2 Å². The highest BCUT2D eigenvalue weighted by molar-refractivity contribution is 7.98. The van der Waals surface area contributed by atoms with Crippen molar-refractivity contribution in [2.24, 2.45) is 5.73 Å². The van der Waals surface area contributed by atoms with Crippen LogP contribution < -0.4 is 11.1 Å². The van der Waals surface area contributed by atoms with Gasteiger partial charge >= 0.3 is 0 Å². The zero-order chi connectivity index (χ0) is 17.1. The normalized spacial score (nSPS) is 13.9. The minimum Gasteiger partial charge on any atom is -0.320 e. The number of carbonyl (C=O) groups is 1. The van der Waals surface area contributed by atoms with Crippen LogP contribution in [0, 0.1) is 6.92 Å². The van der Waals surface area contributed by atoms with Crippen molar-refractivity contribution in [1.82, 2.24) is 4.98 Å². The number of aromatic nitrogens is 1. The van der Waals surface area contributed by atoms with Gasteiger partial charge in [0.2, 0.25) is 5.91 Å². The van der Waals surface area contributed by atoms with E-state index in [2.05, 4.69) is 28.5 Å². The van der Waals surface area contributed by atoms with Crippen molar-refractivity contribution in [2.75, 3.05) is 17.3 Å². The van der Waals surface area contributed by atoms with E-state index in [1.165, 1.54) is 35.3 Å². The summed E-state index contributed by atoms with van der Waals surface area (Å²) in [6, 6.07) is 6.13. The van der Waals surface area contributed by atoms with Crippen LogP contribution in [-0.4, -0.2) is 28.9 Å². The van der Waals surface area contributed by atoms with Crippen LogP contribution >= 0.6 is 35.5 Å². The summed E-state index contributed by atoms with van der Waals surface area (Å²) >= 11 is 3.20. The van der Waals surface area contributed by atoms with Crippen LogP contribution in [-0.2, 0) is 17.6 Å². The number of nitrogens with zero attached hydrogens (tertiary/aromatic N) is 1. The van der Waals surface area contributed by atoms with E-state index < -0.39 is 6.04 Å². The van der Waals surface area contributed by atoms with Gasteiger partial charge < -0.3 is 11.1 Å². The van der Waals surface area contributed by atoms with Crippen molar-refractivity contribution in [3.05, 3.63) is 34.2 Å². The van der Waals surface area contributed by atoms with Gasteiger partial charge in [-0.2, -0.15) is 11.8 Å². The van der Waals surface area contributed by atoms with Gasteiger partial charge in [-0.15, -0.1) is 23.7 Å². The molecule has 0 saturated heterocycles. The van der Waals surface area contributed by atoms with Crippen molar-refractivity contribution < 1.29 is 4.79 Å². The number of nitrogens with two attached hydrogens (primary N) is 1. The Kier molecular flexibility index (Phi) is 7.31. The van der Waals surface area contributed by atoms with Crippen molar-refractivity contribution in [3.8, 4) is 11.3 Å². The molecule has 1 atom stereocenters. The summed E-state index contributed by atoms with van der Waals surface area (Å²) < 4.78 is 0. The molecule has 3 N–H and O–H groups in total. The molecule has 136 valence electrons. The lowest BCUT2D eigenvalue weighted by Crippen LogP contribution is -2.36. The van der Waals surface area contributed by atoms with Crippen LogP contribution in [0.1, 0.15) is 28.8 Å². The van der Waals surface area contributed by atoms with Gasteiger partial charge in [-0.05, 0) is 61.8 Å². The fourth-order valence-corrected chi connectivity index (χ4v) is 4.34. The molecule has 4 nitrogen and oxygen atoms in total. The summed E-state index contributed by atoms with van der Waals surface area (Å²) in [6.45, 7) is 2.05. The van der Waals surface area contributed by atoms with Gasteiger partial charge in [0.1, 0.15) is 0 Å². The lowest BCUT2D eigenvalue weighted by atomic mass is 10.0. The molecule has 1 amide bonds. The second-order valence-electron chi connectivity index (χ2n) is 6.14. The van der Waals surface area contributed by atoms with E-state index in [9.17, 15) is 4.79 Å². The smallest absolute Gasteiger partial charge is 0.243 e. The first kappa shape index (κ1) is 20.2. The minimum atomic E-state index is -0.481. The molecule has 1 heterocycles. The lowest BCUT2D eigenvalue weighted by Gasteiger charge is -2.09. The first-order chi connectivity index (χ1) is 11.6. The van der Waals surface area contributed by atoms with E-state index >= 15 is 0 Å². The van der Waals surface area contributed by atoms with Gasteiger partial charge in [-0.1, -0.05) is 12.1 Å². The number of halogens is 1. The van der Waals surface area contributed by atoms with Crippen LogP contribution in [0.2, 0.25) is 0 Å². The van der Waals surface area contributed by atoms with Gasteiger partial charge in [0.05, 0.1) is 11.7 Å². The molecule has 0 radical (unpaired) electrons. The molecule has 0 saturated carbocycles. The summed E-state index contributed by atoms with van der Waals surface area (Å²) in [4.78, 5) is 17.9. The number of benzene rings is 1. The minimum absolute atomic E-state index is 0. The van der Waals surface area contributed by atoms with Gasteiger partial charge in [0, 0.05) is 10.4 Å². The van der Waals surface area contributed by atoms with Crippen LogP contribution in [0.3, 0.4) is 0 Å². The summed E-state index contributed by atoms with van der Waals surface area (Å²) in [7, 11) is 0. The molecule has 3 rings (SSSR count). The Hall–Kier alpha value is -1.08. The molecule has 2 aromatic rings. The van der Waals surface area contributed by atoms with E-state index in [4.69, 9.17) is 5.73 Å². The van der Waals surface area contributed by atoms with Crippen molar-refractivity contribution in [3.63, 3.8) is 0 Å².